The van der Waals surface area contributed by atoms with Crippen molar-refractivity contribution in [2.45, 2.75) is 47.1 Å². The SMILES string of the molecule is Cc1cc(C)cc(NC(=O)C(=O)NCC2CCN(Cc3cc(C)oc3C)CC2)c1. The summed E-state index contributed by atoms with van der Waals surface area (Å²) in [5.41, 5.74) is 4.00. The number of furan rings is 1. The highest BCUT2D eigenvalue weighted by atomic mass is 16.3. The number of nitrogens with one attached hydrogen (secondary N) is 2. The van der Waals surface area contributed by atoms with E-state index in [4.69, 9.17) is 4.42 Å². The molecule has 3 rings (SSSR count). The molecule has 156 valence electrons. The van der Waals surface area contributed by atoms with E-state index in [1.54, 1.807) is 0 Å². The monoisotopic (exact) mass is 397 g/mol. The molecule has 2 amide bonds. The van der Waals surface area contributed by atoms with Crippen LogP contribution in [0.2, 0.25) is 0 Å². The Bertz CT molecular complexity index is 859. The summed E-state index contributed by atoms with van der Waals surface area (Å²) in [4.78, 5) is 26.7. The van der Waals surface area contributed by atoms with Crippen molar-refractivity contribution in [3.63, 3.8) is 0 Å². The maximum absolute atomic E-state index is 12.2. The van der Waals surface area contributed by atoms with E-state index in [2.05, 4.69) is 21.6 Å². The fourth-order valence-electron chi connectivity index (χ4n) is 3.98. The highest BCUT2D eigenvalue weighted by Crippen LogP contribution is 2.21. The Hall–Kier alpha value is -2.60. The normalized spacial score (nSPS) is 15.3. The smallest absolute Gasteiger partial charge is 0.313 e. The number of hydrogen-bond donors (Lipinski definition) is 2. The molecule has 29 heavy (non-hydrogen) atoms. The Kier molecular flexibility index (Phi) is 6.75. The summed E-state index contributed by atoms with van der Waals surface area (Å²) >= 11 is 0. The summed E-state index contributed by atoms with van der Waals surface area (Å²) in [6.07, 6.45) is 2.02. The summed E-state index contributed by atoms with van der Waals surface area (Å²) in [5, 5.41) is 5.48. The van der Waals surface area contributed by atoms with Gasteiger partial charge in [-0.05, 0) is 88.9 Å². The Morgan fingerprint density at radius 2 is 1.66 bits per heavy atom. The van der Waals surface area contributed by atoms with Gasteiger partial charge in [-0.2, -0.15) is 0 Å². The standard InChI is InChI=1S/C23H31N3O3/c1-15-9-16(2)11-21(10-15)25-23(28)22(27)24-13-19-5-7-26(8-6-19)14-20-12-17(3)29-18(20)4/h9-12,19H,5-8,13-14H2,1-4H3,(H,24,27)(H,25,28). The molecular weight excluding hydrogens is 366 g/mol. The molecule has 6 nitrogen and oxygen atoms in total. The number of amides is 2. The lowest BCUT2D eigenvalue weighted by Gasteiger charge is -2.31. The molecule has 0 spiro atoms. The van der Waals surface area contributed by atoms with Crippen LogP contribution >= 0.6 is 0 Å². The third-order valence-corrected chi connectivity index (χ3v) is 5.48. The van der Waals surface area contributed by atoms with E-state index < -0.39 is 11.8 Å². The van der Waals surface area contributed by atoms with Crippen LogP contribution < -0.4 is 10.6 Å². The molecule has 0 aliphatic carbocycles. The van der Waals surface area contributed by atoms with Gasteiger partial charge in [-0.3, -0.25) is 14.5 Å². The first-order valence-electron chi connectivity index (χ1n) is 10.3. The van der Waals surface area contributed by atoms with Crippen LogP contribution in [0.4, 0.5) is 5.69 Å². The first kappa shape index (κ1) is 21.1. The van der Waals surface area contributed by atoms with Gasteiger partial charge in [0.2, 0.25) is 0 Å². The van der Waals surface area contributed by atoms with Gasteiger partial charge in [0.1, 0.15) is 11.5 Å². The molecule has 1 aliphatic rings. The zero-order chi connectivity index (χ0) is 21.0. The van der Waals surface area contributed by atoms with E-state index in [9.17, 15) is 9.59 Å². The van der Waals surface area contributed by atoms with Gasteiger partial charge >= 0.3 is 11.8 Å². The fraction of sp³-hybridized carbons (Fsp3) is 0.478. The van der Waals surface area contributed by atoms with Crippen molar-refractivity contribution in [2.24, 2.45) is 5.92 Å². The predicted molar refractivity (Wildman–Crippen MR) is 114 cm³/mol. The third kappa shape index (κ3) is 5.94. The van der Waals surface area contributed by atoms with Crippen molar-refractivity contribution in [1.29, 1.82) is 0 Å². The van der Waals surface area contributed by atoms with E-state index in [1.165, 1.54) is 5.56 Å². The maximum Gasteiger partial charge on any atom is 0.313 e. The van der Waals surface area contributed by atoms with Crippen molar-refractivity contribution in [1.82, 2.24) is 10.2 Å². The van der Waals surface area contributed by atoms with Crippen molar-refractivity contribution in [2.75, 3.05) is 25.0 Å². The largest absolute Gasteiger partial charge is 0.466 e. The number of carbonyl (C=O) groups excluding carboxylic acids is 2. The Balaban J connectivity index is 1.40. The molecule has 0 saturated carbocycles. The number of benzene rings is 1. The number of aryl methyl sites for hydroxylation is 4. The quantitative estimate of drug-likeness (QED) is 0.758. The van der Waals surface area contributed by atoms with Crippen LogP contribution in [-0.2, 0) is 16.1 Å². The molecule has 0 unspecified atom stereocenters. The number of nitrogens with zero attached hydrogens (tertiary/aromatic N) is 1. The number of anilines is 1. The Labute approximate surface area is 172 Å². The van der Waals surface area contributed by atoms with Crippen LogP contribution in [0, 0.1) is 33.6 Å². The molecular formula is C23H31N3O3. The molecule has 2 N–H and O–H groups in total. The topological polar surface area (TPSA) is 74.6 Å². The van der Waals surface area contributed by atoms with Gasteiger partial charge in [0.05, 0.1) is 0 Å². The molecule has 1 aromatic heterocycles. The van der Waals surface area contributed by atoms with Crippen LogP contribution in [0.3, 0.4) is 0 Å². The van der Waals surface area contributed by atoms with E-state index in [0.717, 1.165) is 55.1 Å². The van der Waals surface area contributed by atoms with E-state index in [-0.39, 0.29) is 0 Å². The summed E-state index contributed by atoms with van der Waals surface area (Å²) in [6, 6.07) is 7.85. The molecule has 1 saturated heterocycles. The number of carbonyl (C=O) groups is 2. The van der Waals surface area contributed by atoms with Gasteiger partial charge in [-0.25, -0.2) is 0 Å². The minimum Gasteiger partial charge on any atom is -0.466 e. The Morgan fingerprint density at radius 1 is 1.00 bits per heavy atom. The van der Waals surface area contributed by atoms with Crippen LogP contribution in [0.25, 0.3) is 0 Å². The summed E-state index contributed by atoms with van der Waals surface area (Å²) in [6.45, 7) is 11.3. The van der Waals surface area contributed by atoms with E-state index >= 15 is 0 Å². The van der Waals surface area contributed by atoms with E-state index in [1.807, 2.05) is 45.9 Å². The van der Waals surface area contributed by atoms with Crippen LogP contribution in [0.15, 0.2) is 28.7 Å². The lowest BCUT2D eigenvalue weighted by atomic mass is 9.96. The third-order valence-electron chi connectivity index (χ3n) is 5.48. The molecule has 0 atom stereocenters. The second-order valence-corrected chi connectivity index (χ2v) is 8.20. The molecule has 0 bridgehead atoms. The second-order valence-electron chi connectivity index (χ2n) is 8.20. The van der Waals surface area contributed by atoms with Gasteiger partial charge in [0, 0.05) is 24.3 Å². The molecule has 2 aromatic rings. The highest BCUT2D eigenvalue weighted by Gasteiger charge is 2.22. The molecule has 1 aliphatic heterocycles. The zero-order valence-electron chi connectivity index (χ0n) is 17.8. The van der Waals surface area contributed by atoms with Crippen molar-refractivity contribution in [3.05, 3.63) is 52.5 Å². The van der Waals surface area contributed by atoms with Crippen molar-refractivity contribution in [3.8, 4) is 0 Å². The Morgan fingerprint density at radius 3 is 2.24 bits per heavy atom. The minimum absolute atomic E-state index is 0.399. The minimum atomic E-state index is -0.613. The molecule has 2 heterocycles. The average molecular weight is 398 g/mol. The molecule has 1 fully saturated rings. The van der Waals surface area contributed by atoms with Gasteiger partial charge < -0.3 is 15.1 Å². The van der Waals surface area contributed by atoms with Crippen LogP contribution in [0.1, 0.15) is 41.1 Å². The second kappa shape index (κ2) is 9.27. The highest BCUT2D eigenvalue weighted by molar-refractivity contribution is 6.39. The molecule has 0 radical (unpaired) electrons. The lowest BCUT2D eigenvalue weighted by molar-refractivity contribution is -0.136. The van der Waals surface area contributed by atoms with Crippen molar-refractivity contribution < 1.29 is 14.0 Å². The number of rotatable bonds is 5. The molecule has 1 aromatic carbocycles. The summed E-state index contributed by atoms with van der Waals surface area (Å²) in [5.74, 6) is 1.16. The van der Waals surface area contributed by atoms with Gasteiger partial charge in [0.25, 0.3) is 0 Å². The fourth-order valence-corrected chi connectivity index (χ4v) is 3.98. The van der Waals surface area contributed by atoms with Crippen molar-refractivity contribution >= 4 is 17.5 Å². The first-order chi connectivity index (χ1) is 13.8. The van der Waals surface area contributed by atoms with Crippen LogP contribution in [0.5, 0.6) is 0 Å². The average Bonchev–Trinajstić information content (AvgIpc) is 2.97. The van der Waals surface area contributed by atoms with Crippen LogP contribution in [-0.4, -0.2) is 36.3 Å². The van der Waals surface area contributed by atoms with E-state index in [0.29, 0.717) is 18.2 Å². The summed E-state index contributed by atoms with van der Waals surface area (Å²) in [7, 11) is 0. The van der Waals surface area contributed by atoms with Gasteiger partial charge in [0.15, 0.2) is 0 Å². The number of piperidine rings is 1. The summed E-state index contributed by atoms with van der Waals surface area (Å²) < 4.78 is 5.61. The lowest BCUT2D eigenvalue weighted by Crippen LogP contribution is -2.41. The predicted octanol–water partition coefficient (Wildman–Crippen LogP) is 3.48. The number of likely N-dealkylation sites (tertiary alicyclic amines) is 1. The zero-order valence-corrected chi connectivity index (χ0v) is 17.8. The van der Waals surface area contributed by atoms with Gasteiger partial charge in [-0.1, -0.05) is 6.07 Å². The first-order valence-corrected chi connectivity index (χ1v) is 10.3. The van der Waals surface area contributed by atoms with Gasteiger partial charge in [-0.15, -0.1) is 0 Å². The number of hydrogen-bond acceptors (Lipinski definition) is 4. The molecule has 6 heteroatoms. The maximum atomic E-state index is 12.2.